The number of aliphatic imine (C=N–C) groups is 1. The second kappa shape index (κ2) is 9.41. The summed E-state index contributed by atoms with van der Waals surface area (Å²) in [6.07, 6.45) is 4.95. The Kier molecular flexibility index (Phi) is 6.63. The van der Waals surface area contributed by atoms with Gasteiger partial charge in [0.2, 0.25) is 5.91 Å². The third kappa shape index (κ3) is 5.28. The van der Waals surface area contributed by atoms with Crippen LogP contribution in [-0.2, 0) is 17.8 Å². The molecule has 1 aliphatic heterocycles. The Morgan fingerprint density at radius 2 is 1.97 bits per heavy atom. The average molecular weight is 439 g/mol. The van der Waals surface area contributed by atoms with E-state index in [4.69, 9.17) is 16.6 Å². The number of fused-ring (bicyclic) bond motifs is 1. The summed E-state index contributed by atoms with van der Waals surface area (Å²) in [4.78, 5) is 19.2. The van der Waals surface area contributed by atoms with Gasteiger partial charge in [0, 0.05) is 22.2 Å². The van der Waals surface area contributed by atoms with Crippen LogP contribution in [0.1, 0.15) is 36.8 Å². The third-order valence-corrected chi connectivity index (χ3v) is 6.61. The van der Waals surface area contributed by atoms with Crippen LogP contribution in [0.2, 0.25) is 5.02 Å². The molecule has 0 aromatic heterocycles. The Labute approximate surface area is 189 Å². The summed E-state index contributed by atoms with van der Waals surface area (Å²) < 4.78 is 0. The fraction of sp³-hybridized carbons (Fsp3) is 0.440. The number of nitrogens with one attached hydrogen (secondary N) is 2. The van der Waals surface area contributed by atoms with Gasteiger partial charge in [-0.3, -0.25) is 9.79 Å². The van der Waals surface area contributed by atoms with Crippen LogP contribution in [0.25, 0.3) is 0 Å². The normalized spacial score (nSPS) is 24.1. The zero-order valence-corrected chi connectivity index (χ0v) is 19.1. The Balaban J connectivity index is 1.52. The maximum Gasteiger partial charge on any atom is 0.234 e. The van der Waals surface area contributed by atoms with Crippen molar-refractivity contribution in [1.29, 1.82) is 0 Å². The number of nitrogens with zero attached hydrogens (tertiary/aromatic N) is 2. The van der Waals surface area contributed by atoms with Crippen molar-refractivity contribution < 1.29 is 4.79 Å². The first-order chi connectivity index (χ1) is 14.9. The molecular weight excluding hydrogens is 408 g/mol. The predicted octanol–water partition coefficient (Wildman–Crippen LogP) is 4.51. The number of benzene rings is 2. The van der Waals surface area contributed by atoms with Gasteiger partial charge in [-0.1, -0.05) is 41.9 Å². The summed E-state index contributed by atoms with van der Waals surface area (Å²) in [5, 5.41) is 7.60. The number of hydrogen-bond donors (Lipinski definition) is 2. The van der Waals surface area contributed by atoms with Gasteiger partial charge in [-0.15, -0.1) is 0 Å². The molecule has 2 aromatic rings. The Morgan fingerprint density at radius 3 is 2.71 bits per heavy atom. The Bertz CT molecular complexity index is 963. The molecular formula is C25H31ClN4O. The van der Waals surface area contributed by atoms with E-state index in [1.165, 1.54) is 5.56 Å². The van der Waals surface area contributed by atoms with Gasteiger partial charge < -0.3 is 15.5 Å². The largest absolute Gasteiger partial charge is 0.352 e. The van der Waals surface area contributed by atoms with E-state index in [1.807, 2.05) is 37.2 Å². The molecule has 0 saturated heterocycles. The second-order valence-electron chi connectivity index (χ2n) is 9.11. The number of para-hydroxylation sites is 1. The van der Waals surface area contributed by atoms with Gasteiger partial charge in [0.05, 0.1) is 13.1 Å². The van der Waals surface area contributed by atoms with Crippen molar-refractivity contribution in [2.75, 3.05) is 26.0 Å². The molecule has 5 nitrogen and oxygen atoms in total. The lowest BCUT2D eigenvalue weighted by Gasteiger charge is -2.44. The number of hydrogen-bond acceptors (Lipinski definition) is 3. The zero-order valence-electron chi connectivity index (χ0n) is 18.3. The van der Waals surface area contributed by atoms with Crippen molar-refractivity contribution in [3.8, 4) is 0 Å². The van der Waals surface area contributed by atoms with E-state index >= 15 is 0 Å². The van der Waals surface area contributed by atoms with Gasteiger partial charge in [0.1, 0.15) is 5.84 Å². The predicted molar refractivity (Wildman–Crippen MR) is 128 cm³/mol. The molecule has 1 amide bonds. The number of amides is 1. The molecule has 6 heteroatoms. The van der Waals surface area contributed by atoms with Gasteiger partial charge in [0.15, 0.2) is 0 Å². The van der Waals surface area contributed by atoms with E-state index in [0.717, 1.165) is 54.2 Å². The van der Waals surface area contributed by atoms with Gasteiger partial charge in [0.25, 0.3) is 0 Å². The minimum atomic E-state index is -0.00426. The van der Waals surface area contributed by atoms with Gasteiger partial charge >= 0.3 is 0 Å². The van der Waals surface area contributed by atoms with Crippen molar-refractivity contribution in [2.24, 2.45) is 10.4 Å². The van der Waals surface area contributed by atoms with Crippen molar-refractivity contribution in [1.82, 2.24) is 10.2 Å². The number of carbonyl (C=O) groups is 1. The molecule has 164 valence electrons. The minimum absolute atomic E-state index is 0.00426. The quantitative estimate of drug-likeness (QED) is 0.721. The summed E-state index contributed by atoms with van der Waals surface area (Å²) >= 11 is 6.16. The van der Waals surface area contributed by atoms with E-state index in [-0.39, 0.29) is 17.4 Å². The molecule has 1 spiro atoms. The first-order valence-corrected chi connectivity index (χ1v) is 11.4. The lowest BCUT2D eigenvalue weighted by atomic mass is 9.66. The van der Waals surface area contributed by atoms with E-state index < -0.39 is 0 Å². The van der Waals surface area contributed by atoms with Crippen molar-refractivity contribution in [2.45, 2.75) is 44.7 Å². The zero-order chi connectivity index (χ0) is 21.8. The fourth-order valence-corrected chi connectivity index (χ4v) is 5.02. The van der Waals surface area contributed by atoms with Crippen LogP contribution in [0.4, 0.5) is 5.69 Å². The summed E-state index contributed by atoms with van der Waals surface area (Å²) in [5.74, 6) is 1.18. The molecule has 2 N–H and O–H groups in total. The van der Waals surface area contributed by atoms with Gasteiger partial charge in [-0.2, -0.15) is 0 Å². The molecule has 4 rings (SSSR count). The lowest BCUT2D eigenvalue weighted by Crippen LogP contribution is -2.49. The molecule has 2 aliphatic rings. The maximum atomic E-state index is 12.2. The highest BCUT2D eigenvalue weighted by atomic mass is 35.5. The molecule has 1 heterocycles. The molecule has 2 aromatic carbocycles. The minimum Gasteiger partial charge on any atom is -0.352 e. The second-order valence-corrected chi connectivity index (χ2v) is 9.55. The van der Waals surface area contributed by atoms with Crippen LogP contribution in [-0.4, -0.2) is 43.3 Å². The highest BCUT2D eigenvalue weighted by Gasteiger charge is 2.43. The van der Waals surface area contributed by atoms with E-state index in [1.54, 1.807) is 0 Å². The molecule has 1 saturated carbocycles. The number of anilines is 1. The molecule has 0 bridgehead atoms. The highest BCUT2D eigenvalue weighted by Crippen LogP contribution is 2.45. The number of rotatable bonds is 5. The van der Waals surface area contributed by atoms with Crippen LogP contribution in [0.15, 0.2) is 53.5 Å². The van der Waals surface area contributed by atoms with Crippen molar-refractivity contribution in [3.63, 3.8) is 0 Å². The van der Waals surface area contributed by atoms with Crippen molar-refractivity contribution >= 4 is 29.0 Å². The van der Waals surface area contributed by atoms with E-state index in [9.17, 15) is 4.79 Å². The number of halogens is 1. The van der Waals surface area contributed by atoms with E-state index in [0.29, 0.717) is 13.1 Å². The van der Waals surface area contributed by atoms with Gasteiger partial charge in [-0.05, 0) is 75.5 Å². The van der Waals surface area contributed by atoms with Crippen LogP contribution < -0.4 is 10.6 Å². The van der Waals surface area contributed by atoms with Gasteiger partial charge in [-0.25, -0.2) is 0 Å². The third-order valence-electron chi connectivity index (χ3n) is 6.38. The highest BCUT2D eigenvalue weighted by molar-refractivity contribution is 6.30. The summed E-state index contributed by atoms with van der Waals surface area (Å²) in [5.41, 5.74) is 3.61. The first-order valence-electron chi connectivity index (χ1n) is 11.0. The molecule has 0 unspecified atom stereocenters. The van der Waals surface area contributed by atoms with Crippen LogP contribution in [0, 0.1) is 5.41 Å². The maximum absolute atomic E-state index is 12.2. The number of likely N-dealkylation sites (N-methyl/N-ethyl adjacent to an activating group) is 1. The topological polar surface area (TPSA) is 56.7 Å². The fourth-order valence-electron chi connectivity index (χ4n) is 4.81. The monoisotopic (exact) mass is 438 g/mol. The number of carbonyl (C=O) groups excluding carboxylic acids is 1. The Morgan fingerprint density at radius 1 is 1.19 bits per heavy atom. The van der Waals surface area contributed by atoms with E-state index in [2.05, 4.69) is 41.0 Å². The molecule has 1 aliphatic carbocycles. The van der Waals surface area contributed by atoms with Crippen molar-refractivity contribution in [3.05, 3.63) is 64.7 Å². The molecule has 0 radical (unpaired) electrons. The molecule has 1 fully saturated rings. The van der Waals surface area contributed by atoms with Crippen LogP contribution >= 0.6 is 11.6 Å². The standard InChI is InChI=1S/C25H31ClN4O/c1-30(2)17-23(31)28-21-10-12-25(13-11-21)15-19-7-3-4-9-22(19)29-24(25)27-16-18-6-5-8-20(26)14-18/h3-9,14,21H,10-13,15-17H2,1-2H3,(H,27,29)(H,28,31). The summed E-state index contributed by atoms with van der Waals surface area (Å²) in [7, 11) is 3.84. The lowest BCUT2D eigenvalue weighted by molar-refractivity contribution is -0.122. The van der Waals surface area contributed by atoms with Crippen LogP contribution in [0.3, 0.4) is 0 Å². The molecule has 31 heavy (non-hydrogen) atoms. The summed E-state index contributed by atoms with van der Waals surface area (Å²) in [6.45, 7) is 1.04. The average Bonchev–Trinajstić information content (AvgIpc) is 2.73. The SMILES string of the molecule is CN(C)CC(=O)NC1CCC2(CC1)Cc1ccccc1NC2=NCc1cccc(Cl)c1. The smallest absolute Gasteiger partial charge is 0.234 e. The first kappa shape index (κ1) is 21.8. The van der Waals surface area contributed by atoms with Crippen LogP contribution in [0.5, 0.6) is 0 Å². The number of amidine groups is 1. The molecule has 0 atom stereocenters. The Hall–Kier alpha value is -2.37. The summed E-state index contributed by atoms with van der Waals surface area (Å²) in [6, 6.07) is 16.7.